The van der Waals surface area contributed by atoms with Crippen molar-refractivity contribution in [3.63, 3.8) is 0 Å². The summed E-state index contributed by atoms with van der Waals surface area (Å²) >= 11 is 0. The van der Waals surface area contributed by atoms with Gasteiger partial charge >= 0.3 is 0 Å². The molecule has 1 saturated heterocycles. The summed E-state index contributed by atoms with van der Waals surface area (Å²) in [5, 5.41) is 4.09. The van der Waals surface area contributed by atoms with Gasteiger partial charge in [-0.25, -0.2) is 15.0 Å². The number of aromatic nitrogens is 5. The molecule has 6 rings (SSSR count). The zero-order valence-corrected chi connectivity index (χ0v) is 19.1. The van der Waals surface area contributed by atoms with Crippen molar-refractivity contribution >= 4 is 17.0 Å². The van der Waals surface area contributed by atoms with Crippen LogP contribution in [0.3, 0.4) is 0 Å². The third-order valence-electron chi connectivity index (χ3n) is 6.04. The summed E-state index contributed by atoms with van der Waals surface area (Å²) in [7, 11) is 0. The van der Waals surface area contributed by atoms with E-state index in [2.05, 4.69) is 39.8 Å². The highest BCUT2D eigenvalue weighted by molar-refractivity contribution is 5.80. The molecule has 7 nitrogen and oxygen atoms in total. The standard InChI is InChI=1S/C19H22N4O.C6H8N2/c1-12-11-23(8-9-24-12)17-10-16(7-6-15-4-5-15)18-19(22-17)21-14(3)13(2)20-18;1-4-7-8(5-1)6-2-3-6/h10,12,15H,4-5,8-9,11H2,1-3H3;1,4-6H,2-3H2. The molecule has 0 radical (unpaired) electrons. The lowest BCUT2D eigenvalue weighted by atomic mass is 10.2. The lowest BCUT2D eigenvalue weighted by Crippen LogP contribution is -2.41. The molecule has 1 unspecified atom stereocenters. The molecule has 2 aliphatic carbocycles. The van der Waals surface area contributed by atoms with Crippen molar-refractivity contribution in [3.05, 3.63) is 41.5 Å². The Morgan fingerprint density at radius 1 is 1.06 bits per heavy atom. The average Bonchev–Trinajstić information content (AvgIpc) is 3.73. The maximum absolute atomic E-state index is 5.64. The first kappa shape index (κ1) is 20.9. The molecule has 7 heteroatoms. The molecule has 0 aromatic carbocycles. The van der Waals surface area contributed by atoms with Crippen LogP contribution in [0.25, 0.3) is 11.2 Å². The first-order chi connectivity index (χ1) is 15.6. The van der Waals surface area contributed by atoms with Crippen molar-refractivity contribution in [2.24, 2.45) is 5.92 Å². The molecule has 3 fully saturated rings. The Hall–Kier alpha value is -2.98. The number of hydrogen-bond donors (Lipinski definition) is 0. The van der Waals surface area contributed by atoms with Gasteiger partial charge < -0.3 is 9.64 Å². The molecule has 166 valence electrons. The third kappa shape index (κ3) is 4.91. The molecule has 0 spiro atoms. The number of aryl methyl sites for hydroxylation is 2. The van der Waals surface area contributed by atoms with Gasteiger partial charge in [0.05, 0.1) is 35.7 Å². The van der Waals surface area contributed by atoms with Crippen LogP contribution in [0.5, 0.6) is 0 Å². The number of morpholine rings is 1. The van der Waals surface area contributed by atoms with Gasteiger partial charge in [0.1, 0.15) is 11.3 Å². The zero-order valence-electron chi connectivity index (χ0n) is 19.1. The van der Waals surface area contributed by atoms with E-state index in [-0.39, 0.29) is 6.10 Å². The van der Waals surface area contributed by atoms with Gasteiger partial charge in [0, 0.05) is 31.4 Å². The maximum Gasteiger partial charge on any atom is 0.181 e. The van der Waals surface area contributed by atoms with Gasteiger partial charge in [-0.2, -0.15) is 5.10 Å². The third-order valence-corrected chi connectivity index (χ3v) is 6.04. The van der Waals surface area contributed by atoms with Crippen molar-refractivity contribution < 1.29 is 4.74 Å². The predicted molar refractivity (Wildman–Crippen MR) is 125 cm³/mol. The molecule has 0 N–H and O–H groups in total. The summed E-state index contributed by atoms with van der Waals surface area (Å²) in [6.07, 6.45) is 9.14. The van der Waals surface area contributed by atoms with E-state index in [4.69, 9.17) is 14.7 Å². The summed E-state index contributed by atoms with van der Waals surface area (Å²) in [5.41, 5.74) is 4.30. The molecule has 0 bridgehead atoms. The lowest BCUT2D eigenvalue weighted by Gasteiger charge is -2.32. The fraction of sp³-hybridized carbons (Fsp3) is 0.520. The second-order valence-corrected chi connectivity index (χ2v) is 8.98. The summed E-state index contributed by atoms with van der Waals surface area (Å²) in [4.78, 5) is 16.4. The van der Waals surface area contributed by atoms with E-state index in [1.54, 1.807) is 0 Å². The zero-order chi connectivity index (χ0) is 22.1. The van der Waals surface area contributed by atoms with Crippen LogP contribution in [-0.4, -0.2) is 50.5 Å². The number of nitrogens with zero attached hydrogens (tertiary/aromatic N) is 6. The smallest absolute Gasteiger partial charge is 0.181 e. The minimum Gasteiger partial charge on any atom is -0.375 e. The molecule has 3 aromatic rings. The van der Waals surface area contributed by atoms with E-state index in [0.29, 0.717) is 11.6 Å². The number of anilines is 1. The minimum atomic E-state index is 0.211. The SMILES string of the molecule is Cc1nc2nc(N3CCOC(C)C3)cc(C#CC3CC3)c2nc1C.c1cnn(C2CC2)c1. The number of hydrogen-bond acceptors (Lipinski definition) is 6. The van der Waals surface area contributed by atoms with Gasteiger partial charge in [-0.1, -0.05) is 11.8 Å². The van der Waals surface area contributed by atoms with Crippen molar-refractivity contribution in [3.8, 4) is 11.8 Å². The van der Waals surface area contributed by atoms with E-state index in [1.165, 1.54) is 25.7 Å². The second kappa shape index (κ2) is 8.87. The summed E-state index contributed by atoms with van der Waals surface area (Å²) < 4.78 is 7.67. The van der Waals surface area contributed by atoms with Gasteiger partial charge in [-0.3, -0.25) is 4.68 Å². The van der Waals surface area contributed by atoms with Gasteiger partial charge in [0.15, 0.2) is 5.65 Å². The lowest BCUT2D eigenvalue weighted by molar-refractivity contribution is 0.0529. The fourth-order valence-electron chi connectivity index (χ4n) is 3.72. The van der Waals surface area contributed by atoms with Crippen LogP contribution in [-0.2, 0) is 4.74 Å². The Balaban J connectivity index is 0.000000225. The van der Waals surface area contributed by atoms with E-state index in [0.717, 1.165) is 54.0 Å². The van der Waals surface area contributed by atoms with E-state index >= 15 is 0 Å². The van der Waals surface area contributed by atoms with E-state index in [9.17, 15) is 0 Å². The molecule has 32 heavy (non-hydrogen) atoms. The Labute approximate surface area is 189 Å². The second-order valence-electron chi connectivity index (χ2n) is 8.98. The Bertz CT molecular complexity index is 1150. The summed E-state index contributed by atoms with van der Waals surface area (Å²) in [6, 6.07) is 4.78. The van der Waals surface area contributed by atoms with Crippen LogP contribution in [0.1, 0.15) is 55.6 Å². The molecule has 1 aliphatic heterocycles. The van der Waals surface area contributed by atoms with Crippen LogP contribution in [0, 0.1) is 31.6 Å². The summed E-state index contributed by atoms with van der Waals surface area (Å²) in [6.45, 7) is 8.46. The van der Waals surface area contributed by atoms with Crippen molar-refractivity contribution in [2.75, 3.05) is 24.6 Å². The Morgan fingerprint density at radius 2 is 1.88 bits per heavy atom. The number of fused-ring (bicyclic) bond motifs is 1. The molecular formula is C25H30N6O. The molecule has 3 aliphatic rings. The van der Waals surface area contributed by atoms with Crippen molar-refractivity contribution in [1.29, 1.82) is 0 Å². The minimum absolute atomic E-state index is 0.211. The van der Waals surface area contributed by atoms with E-state index < -0.39 is 0 Å². The maximum atomic E-state index is 5.64. The first-order valence-corrected chi connectivity index (χ1v) is 11.6. The Kier molecular flexibility index (Phi) is 5.79. The van der Waals surface area contributed by atoms with Crippen LogP contribution < -0.4 is 4.90 Å². The van der Waals surface area contributed by atoms with Gasteiger partial charge in [0.25, 0.3) is 0 Å². The fourth-order valence-corrected chi connectivity index (χ4v) is 3.72. The van der Waals surface area contributed by atoms with Crippen LogP contribution in [0.15, 0.2) is 24.5 Å². The molecule has 2 saturated carbocycles. The summed E-state index contributed by atoms with van der Waals surface area (Å²) in [5.74, 6) is 8.17. The quantitative estimate of drug-likeness (QED) is 0.576. The number of ether oxygens (including phenoxy) is 1. The van der Waals surface area contributed by atoms with Gasteiger partial charge in [-0.05, 0) is 58.6 Å². The van der Waals surface area contributed by atoms with Crippen LogP contribution in [0.4, 0.5) is 5.82 Å². The monoisotopic (exact) mass is 430 g/mol. The Morgan fingerprint density at radius 3 is 2.56 bits per heavy atom. The van der Waals surface area contributed by atoms with Gasteiger partial charge in [0.2, 0.25) is 0 Å². The molecule has 4 heterocycles. The largest absolute Gasteiger partial charge is 0.375 e. The predicted octanol–water partition coefficient (Wildman–Crippen LogP) is 3.85. The topological polar surface area (TPSA) is 69.0 Å². The molecule has 3 aromatic heterocycles. The number of pyridine rings is 1. The average molecular weight is 431 g/mol. The van der Waals surface area contributed by atoms with E-state index in [1.807, 2.05) is 37.0 Å². The van der Waals surface area contributed by atoms with Crippen molar-refractivity contribution in [2.45, 2.75) is 58.6 Å². The highest BCUT2D eigenvalue weighted by Crippen LogP contribution is 2.33. The molecule has 0 amide bonds. The molecule has 1 atom stereocenters. The number of rotatable bonds is 2. The van der Waals surface area contributed by atoms with Crippen LogP contribution in [0.2, 0.25) is 0 Å². The molecular weight excluding hydrogens is 400 g/mol. The highest BCUT2D eigenvalue weighted by atomic mass is 16.5. The first-order valence-electron chi connectivity index (χ1n) is 11.6. The van der Waals surface area contributed by atoms with Crippen molar-refractivity contribution in [1.82, 2.24) is 24.7 Å². The van der Waals surface area contributed by atoms with Gasteiger partial charge in [-0.15, -0.1) is 0 Å². The normalized spacial score (nSPS) is 20.3. The van der Waals surface area contributed by atoms with Crippen LogP contribution >= 0.6 is 0 Å². The highest BCUT2D eigenvalue weighted by Gasteiger charge is 2.23.